The number of rotatable bonds is 2. The molecule has 0 unspecified atom stereocenters. The normalized spacial score (nSPS) is 7.00. The molecule has 0 aliphatic heterocycles. The molecule has 40 valence electrons. The molecule has 0 radical (unpaired) electrons. The van der Waals surface area contributed by atoms with E-state index < -0.39 is 0 Å². The van der Waals surface area contributed by atoms with Crippen molar-refractivity contribution in [1.82, 2.24) is 0 Å². The SMILES string of the molecule is [CH2-]CCCBr.[Fe]. The van der Waals surface area contributed by atoms with Gasteiger partial charge in [0.05, 0.1) is 0 Å². The Kier molecular flexibility index (Phi) is 15.7. The number of halogens is 1. The number of hydrogen-bond donors (Lipinski definition) is 0. The molecule has 0 saturated heterocycles. The fourth-order valence-electron chi connectivity index (χ4n) is 0.0945. The predicted molar refractivity (Wildman–Crippen MR) is 28.4 cm³/mol. The first-order chi connectivity index (χ1) is 2.41. The molecular formula is C4H8BrFe-. The maximum absolute atomic E-state index is 3.65. The molecule has 0 nitrogen and oxygen atoms in total. The summed E-state index contributed by atoms with van der Waals surface area (Å²) in [7, 11) is 0. The van der Waals surface area contributed by atoms with Crippen LogP contribution in [0.5, 0.6) is 0 Å². The van der Waals surface area contributed by atoms with Crippen LogP contribution in [0.25, 0.3) is 0 Å². The molecule has 0 aromatic rings. The Bertz CT molecular complexity index is 15.0. The molecule has 0 aromatic carbocycles. The predicted octanol–water partition coefficient (Wildman–Crippen LogP) is 1.99. The standard InChI is InChI=1S/C4H8Br.Fe/c1-2-3-4-5;/h1-4H2;/q-1;. The second-order valence-corrected chi connectivity index (χ2v) is 1.69. The zero-order chi connectivity index (χ0) is 4.12. The Balaban J connectivity index is 0. The molecule has 0 aliphatic rings. The van der Waals surface area contributed by atoms with E-state index in [1.54, 1.807) is 0 Å². The third kappa shape index (κ3) is 8.89. The molecule has 0 rings (SSSR count). The van der Waals surface area contributed by atoms with Crippen molar-refractivity contribution < 1.29 is 17.1 Å². The smallest absolute Gasteiger partial charge is 0.000693 e. The minimum absolute atomic E-state index is 0. The molecule has 0 aromatic heterocycles. The van der Waals surface area contributed by atoms with Crippen LogP contribution in [-0.4, -0.2) is 5.33 Å². The van der Waals surface area contributed by atoms with Gasteiger partial charge < -0.3 is 6.92 Å². The van der Waals surface area contributed by atoms with Gasteiger partial charge in [-0.15, -0.1) is 0 Å². The molecule has 0 heterocycles. The van der Waals surface area contributed by atoms with Crippen molar-refractivity contribution in [2.24, 2.45) is 0 Å². The van der Waals surface area contributed by atoms with Gasteiger partial charge in [0.2, 0.25) is 0 Å². The Morgan fingerprint density at radius 1 is 1.50 bits per heavy atom. The maximum Gasteiger partial charge on any atom is 0.000693 e. The summed E-state index contributed by atoms with van der Waals surface area (Å²) in [5.74, 6) is 0. The summed E-state index contributed by atoms with van der Waals surface area (Å²) in [6.07, 6.45) is 2.24. The fraction of sp³-hybridized carbons (Fsp3) is 0.750. The van der Waals surface area contributed by atoms with Crippen molar-refractivity contribution in [3.05, 3.63) is 6.92 Å². The van der Waals surface area contributed by atoms with E-state index in [1.165, 1.54) is 6.42 Å². The van der Waals surface area contributed by atoms with Gasteiger partial charge in [-0.05, 0) is 0 Å². The second kappa shape index (κ2) is 9.37. The van der Waals surface area contributed by atoms with Gasteiger partial charge in [-0.2, -0.15) is 6.42 Å². The van der Waals surface area contributed by atoms with Crippen LogP contribution in [0.15, 0.2) is 0 Å². The Morgan fingerprint density at radius 3 is 2.00 bits per heavy atom. The molecule has 0 spiro atoms. The molecule has 0 atom stereocenters. The van der Waals surface area contributed by atoms with Gasteiger partial charge in [0.25, 0.3) is 0 Å². The van der Waals surface area contributed by atoms with E-state index in [0.717, 1.165) is 11.8 Å². The molecule has 0 saturated carbocycles. The summed E-state index contributed by atoms with van der Waals surface area (Å²) in [5.41, 5.74) is 0. The van der Waals surface area contributed by atoms with Crippen LogP contribution in [-0.2, 0) is 17.1 Å². The van der Waals surface area contributed by atoms with Crippen molar-refractivity contribution in [2.75, 3.05) is 5.33 Å². The summed E-state index contributed by atoms with van der Waals surface area (Å²) in [6, 6.07) is 0. The molecule has 6 heavy (non-hydrogen) atoms. The van der Waals surface area contributed by atoms with Crippen molar-refractivity contribution in [2.45, 2.75) is 12.8 Å². The van der Waals surface area contributed by atoms with Gasteiger partial charge in [0.1, 0.15) is 0 Å². The average molecular weight is 192 g/mol. The van der Waals surface area contributed by atoms with Gasteiger partial charge in [0.15, 0.2) is 0 Å². The average Bonchev–Trinajstić information content (AvgIpc) is 1.41. The fourth-order valence-corrected chi connectivity index (χ4v) is 0.491. The first-order valence-corrected chi connectivity index (χ1v) is 2.89. The van der Waals surface area contributed by atoms with Crippen LogP contribution in [0.4, 0.5) is 0 Å². The summed E-state index contributed by atoms with van der Waals surface area (Å²) in [4.78, 5) is 0. The largest absolute Gasteiger partial charge is 0.343 e. The van der Waals surface area contributed by atoms with E-state index >= 15 is 0 Å². The Labute approximate surface area is 58.3 Å². The molecule has 0 amide bonds. The van der Waals surface area contributed by atoms with Gasteiger partial charge >= 0.3 is 0 Å². The molecule has 2 heteroatoms. The minimum Gasteiger partial charge on any atom is -0.343 e. The van der Waals surface area contributed by atoms with Crippen LogP contribution < -0.4 is 0 Å². The van der Waals surface area contributed by atoms with Crippen LogP contribution in [0, 0.1) is 6.92 Å². The molecule has 0 fully saturated rings. The minimum atomic E-state index is 0. The first kappa shape index (κ1) is 10.1. The zero-order valence-electron chi connectivity index (χ0n) is 3.56. The van der Waals surface area contributed by atoms with Crippen LogP contribution in [0.2, 0.25) is 0 Å². The topological polar surface area (TPSA) is 0 Å². The molecule has 0 bridgehead atoms. The van der Waals surface area contributed by atoms with E-state index in [9.17, 15) is 0 Å². The number of hydrogen-bond acceptors (Lipinski definition) is 0. The number of alkyl halides is 1. The van der Waals surface area contributed by atoms with Crippen molar-refractivity contribution in [3.63, 3.8) is 0 Å². The second-order valence-electron chi connectivity index (χ2n) is 0.896. The zero-order valence-corrected chi connectivity index (χ0v) is 6.25. The summed E-state index contributed by atoms with van der Waals surface area (Å²) >= 11 is 3.27. The van der Waals surface area contributed by atoms with E-state index in [-0.39, 0.29) is 17.1 Å². The van der Waals surface area contributed by atoms with Gasteiger partial charge in [-0.25, -0.2) is 0 Å². The van der Waals surface area contributed by atoms with Crippen molar-refractivity contribution in [3.8, 4) is 0 Å². The molecular weight excluding hydrogens is 184 g/mol. The summed E-state index contributed by atoms with van der Waals surface area (Å²) < 4.78 is 0. The van der Waals surface area contributed by atoms with Gasteiger partial charge in [-0.1, -0.05) is 22.4 Å². The Hall–Kier alpha value is 0.999. The first-order valence-electron chi connectivity index (χ1n) is 1.77. The van der Waals surface area contributed by atoms with Gasteiger partial charge in [0, 0.05) is 22.4 Å². The number of unbranched alkanes of at least 4 members (excludes halogenated alkanes) is 1. The summed E-state index contributed by atoms with van der Waals surface area (Å²) in [5, 5.41) is 1.09. The third-order valence-electron chi connectivity index (χ3n) is 0.384. The van der Waals surface area contributed by atoms with Crippen LogP contribution in [0.1, 0.15) is 12.8 Å². The van der Waals surface area contributed by atoms with Crippen molar-refractivity contribution >= 4 is 15.9 Å². The quantitative estimate of drug-likeness (QED) is 0.356. The van der Waals surface area contributed by atoms with E-state index in [2.05, 4.69) is 22.9 Å². The third-order valence-corrected chi connectivity index (χ3v) is 0.944. The van der Waals surface area contributed by atoms with Crippen LogP contribution >= 0.6 is 15.9 Å². The van der Waals surface area contributed by atoms with Crippen LogP contribution in [0.3, 0.4) is 0 Å². The summed E-state index contributed by atoms with van der Waals surface area (Å²) in [6.45, 7) is 3.65. The Morgan fingerprint density at radius 2 is 2.00 bits per heavy atom. The molecule has 0 aliphatic carbocycles. The molecule has 0 N–H and O–H groups in total. The van der Waals surface area contributed by atoms with Crippen molar-refractivity contribution in [1.29, 1.82) is 0 Å². The van der Waals surface area contributed by atoms with E-state index in [1.807, 2.05) is 0 Å². The maximum atomic E-state index is 3.65. The van der Waals surface area contributed by atoms with Gasteiger partial charge in [-0.3, -0.25) is 0 Å². The van der Waals surface area contributed by atoms with E-state index in [4.69, 9.17) is 0 Å². The monoisotopic (exact) mass is 191 g/mol. The van der Waals surface area contributed by atoms with E-state index in [0.29, 0.717) is 0 Å².